The summed E-state index contributed by atoms with van der Waals surface area (Å²) in [5, 5.41) is 3.29. The third-order valence-electron chi connectivity index (χ3n) is 2.57. The zero-order valence-electron chi connectivity index (χ0n) is 10.2. The Morgan fingerprint density at radius 1 is 1.44 bits per heavy atom. The Kier molecular flexibility index (Phi) is 4.49. The van der Waals surface area contributed by atoms with Crippen LogP contribution in [0.25, 0.3) is 5.69 Å². The van der Waals surface area contributed by atoms with Gasteiger partial charge < -0.3 is 9.88 Å². The summed E-state index contributed by atoms with van der Waals surface area (Å²) in [6.45, 7) is 3.86. The van der Waals surface area contributed by atoms with Crippen molar-refractivity contribution in [2.24, 2.45) is 0 Å². The van der Waals surface area contributed by atoms with Gasteiger partial charge in [0.15, 0.2) is 0 Å². The smallest absolute Gasteiger partial charge is 0.137 e. The van der Waals surface area contributed by atoms with E-state index in [0.717, 1.165) is 30.9 Å². The average Bonchev–Trinajstić information content (AvgIpc) is 2.82. The molecule has 1 aromatic carbocycles. The summed E-state index contributed by atoms with van der Waals surface area (Å²) >= 11 is 3.18. The lowest BCUT2D eigenvalue weighted by Gasteiger charge is -2.03. The highest BCUT2D eigenvalue weighted by molar-refractivity contribution is 9.10. The molecular formula is C13H15BrFN3. The van der Waals surface area contributed by atoms with Crippen molar-refractivity contribution < 1.29 is 4.39 Å². The fraction of sp³-hybridized carbons (Fsp3) is 0.308. The fourth-order valence-corrected chi connectivity index (χ4v) is 2.00. The lowest BCUT2D eigenvalue weighted by molar-refractivity contribution is 0.620. The van der Waals surface area contributed by atoms with Gasteiger partial charge in [0.1, 0.15) is 5.82 Å². The van der Waals surface area contributed by atoms with Gasteiger partial charge in [-0.15, -0.1) is 0 Å². The molecule has 0 fully saturated rings. The summed E-state index contributed by atoms with van der Waals surface area (Å²) in [6, 6.07) is 4.90. The van der Waals surface area contributed by atoms with Gasteiger partial charge in [-0.05, 0) is 47.1 Å². The second-order valence-corrected chi connectivity index (χ2v) is 4.90. The van der Waals surface area contributed by atoms with Crippen LogP contribution in [0.1, 0.15) is 19.0 Å². The van der Waals surface area contributed by atoms with Crippen LogP contribution in [0.4, 0.5) is 4.39 Å². The van der Waals surface area contributed by atoms with E-state index in [2.05, 4.69) is 33.2 Å². The molecule has 0 bridgehead atoms. The van der Waals surface area contributed by atoms with Gasteiger partial charge in [0.05, 0.1) is 16.5 Å². The number of hydrogen-bond donors (Lipinski definition) is 1. The minimum absolute atomic E-state index is 0.260. The second-order valence-electron chi connectivity index (χ2n) is 4.05. The summed E-state index contributed by atoms with van der Waals surface area (Å²) in [6.07, 6.45) is 4.79. The lowest BCUT2D eigenvalue weighted by atomic mass is 10.3. The third kappa shape index (κ3) is 3.17. The molecule has 18 heavy (non-hydrogen) atoms. The van der Waals surface area contributed by atoms with Gasteiger partial charge in [0.25, 0.3) is 0 Å². The van der Waals surface area contributed by atoms with Crippen LogP contribution in [0.5, 0.6) is 0 Å². The topological polar surface area (TPSA) is 29.9 Å². The molecule has 2 aromatic rings. The molecule has 1 aromatic heterocycles. The Morgan fingerprint density at radius 3 is 3.00 bits per heavy atom. The van der Waals surface area contributed by atoms with Gasteiger partial charge in [-0.25, -0.2) is 9.37 Å². The van der Waals surface area contributed by atoms with E-state index in [1.54, 1.807) is 18.5 Å². The normalized spacial score (nSPS) is 10.8. The summed E-state index contributed by atoms with van der Waals surface area (Å²) in [7, 11) is 0. The number of hydrogen-bond acceptors (Lipinski definition) is 2. The minimum Gasteiger partial charge on any atom is -0.311 e. The summed E-state index contributed by atoms with van der Waals surface area (Å²) < 4.78 is 15.5. The molecule has 0 spiro atoms. The predicted octanol–water partition coefficient (Wildman–Crippen LogP) is 3.27. The minimum atomic E-state index is -0.260. The number of nitrogens with one attached hydrogen (secondary N) is 1. The Balaban J connectivity index is 2.11. The van der Waals surface area contributed by atoms with Crippen LogP contribution in [0.15, 0.2) is 35.2 Å². The second kappa shape index (κ2) is 6.11. The first-order chi connectivity index (χ1) is 8.70. The fourth-order valence-electron chi connectivity index (χ4n) is 1.63. The van der Waals surface area contributed by atoms with E-state index >= 15 is 0 Å². The Morgan fingerprint density at radius 2 is 2.28 bits per heavy atom. The van der Waals surface area contributed by atoms with Crippen molar-refractivity contribution in [1.29, 1.82) is 0 Å². The largest absolute Gasteiger partial charge is 0.311 e. The van der Waals surface area contributed by atoms with E-state index in [4.69, 9.17) is 0 Å². The highest BCUT2D eigenvalue weighted by Crippen LogP contribution is 2.19. The molecule has 0 aliphatic carbocycles. The molecule has 0 saturated carbocycles. The van der Waals surface area contributed by atoms with Crippen LogP contribution < -0.4 is 5.32 Å². The van der Waals surface area contributed by atoms with Gasteiger partial charge >= 0.3 is 0 Å². The zero-order valence-corrected chi connectivity index (χ0v) is 11.7. The van der Waals surface area contributed by atoms with Crippen molar-refractivity contribution in [3.63, 3.8) is 0 Å². The highest BCUT2D eigenvalue weighted by atomic mass is 79.9. The number of aromatic nitrogens is 2. The molecule has 0 atom stereocenters. The first-order valence-electron chi connectivity index (χ1n) is 5.89. The molecule has 0 aliphatic rings. The van der Waals surface area contributed by atoms with E-state index in [9.17, 15) is 4.39 Å². The van der Waals surface area contributed by atoms with Crippen LogP contribution in [0.3, 0.4) is 0 Å². The summed E-state index contributed by atoms with van der Waals surface area (Å²) in [5.41, 5.74) is 1.86. The number of halogens is 2. The Bertz CT molecular complexity index is 525. The van der Waals surface area contributed by atoms with E-state index < -0.39 is 0 Å². The zero-order chi connectivity index (χ0) is 13.0. The lowest BCUT2D eigenvalue weighted by Crippen LogP contribution is -2.13. The van der Waals surface area contributed by atoms with Crippen molar-refractivity contribution in [2.45, 2.75) is 19.9 Å². The summed E-state index contributed by atoms with van der Waals surface area (Å²) in [5.74, 6) is -0.260. The maximum absolute atomic E-state index is 13.1. The Labute approximate surface area is 114 Å². The quantitative estimate of drug-likeness (QED) is 0.859. The monoisotopic (exact) mass is 311 g/mol. The maximum Gasteiger partial charge on any atom is 0.137 e. The van der Waals surface area contributed by atoms with Crippen molar-refractivity contribution in [2.75, 3.05) is 6.54 Å². The molecule has 0 amide bonds. The highest BCUT2D eigenvalue weighted by Gasteiger charge is 2.04. The number of nitrogens with zero attached hydrogens (tertiary/aromatic N) is 2. The van der Waals surface area contributed by atoms with Gasteiger partial charge in [-0.3, -0.25) is 0 Å². The van der Waals surface area contributed by atoms with E-state index in [-0.39, 0.29) is 5.82 Å². The molecule has 0 saturated heterocycles. The maximum atomic E-state index is 13.1. The molecule has 1 heterocycles. The predicted molar refractivity (Wildman–Crippen MR) is 73.2 cm³/mol. The van der Waals surface area contributed by atoms with Gasteiger partial charge in [0.2, 0.25) is 0 Å². The van der Waals surface area contributed by atoms with E-state index in [1.807, 2.05) is 10.8 Å². The van der Waals surface area contributed by atoms with Crippen molar-refractivity contribution in [3.8, 4) is 5.69 Å². The molecular weight excluding hydrogens is 297 g/mol. The molecule has 1 N–H and O–H groups in total. The van der Waals surface area contributed by atoms with Crippen LogP contribution in [-0.2, 0) is 6.54 Å². The number of benzene rings is 1. The van der Waals surface area contributed by atoms with Crippen molar-refractivity contribution in [3.05, 3.63) is 46.7 Å². The van der Waals surface area contributed by atoms with Gasteiger partial charge in [-0.2, -0.15) is 0 Å². The number of rotatable bonds is 5. The first-order valence-corrected chi connectivity index (χ1v) is 6.69. The third-order valence-corrected chi connectivity index (χ3v) is 3.18. The first kappa shape index (κ1) is 13.2. The van der Waals surface area contributed by atoms with Crippen molar-refractivity contribution >= 4 is 15.9 Å². The molecule has 96 valence electrons. The van der Waals surface area contributed by atoms with Crippen LogP contribution in [-0.4, -0.2) is 16.1 Å². The van der Waals surface area contributed by atoms with Crippen LogP contribution in [0.2, 0.25) is 0 Å². The summed E-state index contributed by atoms with van der Waals surface area (Å²) in [4.78, 5) is 4.31. The van der Waals surface area contributed by atoms with E-state index in [0.29, 0.717) is 4.47 Å². The SMILES string of the molecule is CCCNCc1cn(-c2ccc(F)c(Br)c2)cn1. The van der Waals surface area contributed by atoms with Gasteiger partial charge in [0, 0.05) is 18.4 Å². The molecule has 5 heteroatoms. The van der Waals surface area contributed by atoms with Gasteiger partial charge in [-0.1, -0.05) is 6.92 Å². The molecule has 0 aliphatic heterocycles. The van der Waals surface area contributed by atoms with E-state index in [1.165, 1.54) is 6.07 Å². The van der Waals surface area contributed by atoms with Crippen molar-refractivity contribution in [1.82, 2.24) is 14.9 Å². The van der Waals surface area contributed by atoms with Crippen LogP contribution >= 0.6 is 15.9 Å². The number of imidazole rings is 1. The average molecular weight is 312 g/mol. The molecule has 0 unspecified atom stereocenters. The standard InChI is InChI=1S/C13H15BrFN3/c1-2-5-16-7-10-8-18(9-17-10)11-3-4-13(15)12(14)6-11/h3-4,6,8-9,16H,2,5,7H2,1H3. The molecule has 2 rings (SSSR count). The van der Waals surface area contributed by atoms with Crippen LogP contribution in [0, 0.1) is 5.82 Å². The molecule has 0 radical (unpaired) electrons. The molecule has 3 nitrogen and oxygen atoms in total. The Hall–Kier alpha value is -1.20.